The fourth-order valence-electron chi connectivity index (χ4n) is 2.67. The fraction of sp³-hybridized carbons (Fsp3) is 0. The van der Waals surface area contributed by atoms with Gasteiger partial charge in [0.25, 0.3) is 17.1 Å². The summed E-state index contributed by atoms with van der Waals surface area (Å²) in [4.78, 5) is 30.6. The average molecular weight is 551 g/mol. The van der Waals surface area contributed by atoms with E-state index in [0.717, 1.165) is 72.8 Å². The van der Waals surface area contributed by atoms with Gasteiger partial charge in [-0.2, -0.15) is 15.5 Å². The molecule has 0 radical (unpaired) electrons. The number of nitrogens with zero attached hydrogens (tertiary/aromatic N) is 6. The van der Waals surface area contributed by atoms with Crippen LogP contribution in [-0.4, -0.2) is 14.8 Å². The second-order valence-electron chi connectivity index (χ2n) is 6.99. The minimum absolute atomic E-state index is 0.0409. The van der Waals surface area contributed by atoms with Crippen molar-refractivity contribution in [3.63, 3.8) is 0 Å². The Morgan fingerprint density at radius 3 is 0.921 bits per heavy atom. The van der Waals surface area contributed by atoms with Crippen LogP contribution in [0.25, 0.3) is 0 Å². The van der Waals surface area contributed by atoms with Gasteiger partial charge >= 0.3 is 7.82 Å². The first-order chi connectivity index (χ1) is 17.9. The molecule has 0 spiro atoms. The van der Waals surface area contributed by atoms with Crippen molar-refractivity contribution in [3.05, 3.63) is 103 Å². The summed E-state index contributed by atoms with van der Waals surface area (Å²) in [5, 5.41) is 33.8. The van der Waals surface area contributed by atoms with Gasteiger partial charge in [0.15, 0.2) is 0 Å². The number of nitrogens with two attached hydrogens (primary N) is 3. The Kier molecular flexibility index (Phi) is 8.45. The first-order valence-electron chi connectivity index (χ1n) is 9.95. The number of hydrazine groups is 3. The van der Waals surface area contributed by atoms with Gasteiger partial charge in [0.2, 0.25) is 0 Å². The normalized spacial score (nSPS) is 11.0. The van der Waals surface area contributed by atoms with Gasteiger partial charge in [-0.05, 0) is 36.4 Å². The first kappa shape index (κ1) is 27.8. The third kappa shape index (κ3) is 6.93. The van der Waals surface area contributed by atoms with Crippen LogP contribution in [0.3, 0.4) is 0 Å². The molecule has 38 heavy (non-hydrogen) atoms. The molecule has 0 heterocycles. The van der Waals surface area contributed by atoms with Gasteiger partial charge in [-0.1, -0.05) is 0 Å². The van der Waals surface area contributed by atoms with E-state index in [4.69, 9.17) is 31.4 Å². The summed E-state index contributed by atoms with van der Waals surface area (Å²) < 4.78 is 28.9. The van der Waals surface area contributed by atoms with Gasteiger partial charge in [-0.3, -0.25) is 30.3 Å². The lowest BCUT2D eigenvalue weighted by Crippen LogP contribution is -2.38. The van der Waals surface area contributed by atoms with Crippen LogP contribution in [0.15, 0.2) is 72.8 Å². The quantitative estimate of drug-likeness (QED) is 0.126. The minimum atomic E-state index is -4.98. The maximum Gasteiger partial charge on any atom is 0.543 e. The molecule has 3 aromatic carbocycles. The maximum atomic E-state index is 13.5. The van der Waals surface area contributed by atoms with Gasteiger partial charge in [-0.25, -0.2) is 22.1 Å². The third-order valence-electron chi connectivity index (χ3n) is 4.51. The van der Waals surface area contributed by atoms with E-state index in [9.17, 15) is 34.9 Å². The largest absolute Gasteiger partial charge is 0.543 e. The molecule has 0 bridgehead atoms. The summed E-state index contributed by atoms with van der Waals surface area (Å²) >= 11 is 0. The van der Waals surface area contributed by atoms with Crippen LogP contribution in [0, 0.1) is 30.3 Å². The summed E-state index contributed by atoms with van der Waals surface area (Å²) in [5.41, 5.74) is -0.927. The lowest BCUT2D eigenvalue weighted by atomic mass is 10.3. The van der Waals surface area contributed by atoms with Crippen LogP contribution in [0.5, 0.6) is 0 Å². The second kappa shape index (κ2) is 11.5. The minimum Gasteiger partial charge on any atom is -0.258 e. The molecule has 0 fully saturated rings. The Morgan fingerprint density at radius 1 is 0.526 bits per heavy atom. The van der Waals surface area contributed by atoms with Crippen molar-refractivity contribution in [2.45, 2.75) is 0 Å². The van der Waals surface area contributed by atoms with Crippen LogP contribution in [0.2, 0.25) is 0 Å². The van der Waals surface area contributed by atoms with E-state index in [0.29, 0.717) is 15.5 Å². The van der Waals surface area contributed by atoms with Crippen LogP contribution in [0.4, 0.5) is 34.1 Å². The maximum absolute atomic E-state index is 13.5. The standard InChI is InChI=1S/C18H18N9O10P/c19-22(13-1-7-16(8-2-13)25(28)29)35-38(34,36-23(20)14-3-9-17(10-4-14)26(30)31)37-24(21)15-5-11-18(12-6-15)27(32)33/h1-12H,19-21H2. The number of anilines is 3. The van der Waals surface area contributed by atoms with E-state index >= 15 is 0 Å². The molecule has 0 aliphatic rings. The Hall–Kier alpha value is -4.75. The van der Waals surface area contributed by atoms with Gasteiger partial charge in [0.05, 0.1) is 31.8 Å². The number of benzene rings is 3. The molecule has 3 aromatic rings. The van der Waals surface area contributed by atoms with E-state index in [2.05, 4.69) is 0 Å². The van der Waals surface area contributed by atoms with Crippen molar-refractivity contribution in [3.8, 4) is 0 Å². The zero-order valence-corrected chi connectivity index (χ0v) is 19.8. The van der Waals surface area contributed by atoms with Crippen molar-refractivity contribution in [1.29, 1.82) is 0 Å². The Morgan fingerprint density at radius 2 is 0.737 bits per heavy atom. The monoisotopic (exact) mass is 551 g/mol. The Bertz CT molecular complexity index is 1190. The zero-order valence-electron chi connectivity index (χ0n) is 18.9. The number of nitro benzene ring substituents is 3. The lowest BCUT2D eigenvalue weighted by Gasteiger charge is -2.29. The fourth-order valence-corrected chi connectivity index (χ4v) is 3.69. The number of rotatable bonds is 12. The third-order valence-corrected chi connectivity index (χ3v) is 5.64. The molecule has 6 N–H and O–H groups in total. The van der Waals surface area contributed by atoms with E-state index in [1.54, 1.807) is 0 Å². The van der Waals surface area contributed by atoms with Crippen LogP contribution in [-0.2, 0) is 18.4 Å². The van der Waals surface area contributed by atoms with Crippen LogP contribution < -0.4 is 33.0 Å². The molecule has 19 nitrogen and oxygen atoms in total. The number of hydrogen-bond donors (Lipinski definition) is 3. The SMILES string of the molecule is NN(OP(=O)(ON(N)c1ccc([N+](=O)[O-])cc1)ON(N)c1ccc([N+](=O)[O-])cc1)c1ccc([N+](=O)[O-])cc1. The molecule has 3 rings (SSSR count). The molecular formula is C18H18N9O10P. The van der Waals surface area contributed by atoms with Crippen molar-refractivity contribution in [2.24, 2.45) is 17.5 Å². The molecular weight excluding hydrogens is 533 g/mol. The lowest BCUT2D eigenvalue weighted by molar-refractivity contribution is -0.385. The van der Waals surface area contributed by atoms with E-state index in [-0.39, 0.29) is 34.1 Å². The number of nitro groups is 3. The van der Waals surface area contributed by atoms with Crippen LogP contribution in [0.1, 0.15) is 0 Å². The molecule has 20 heteroatoms. The predicted octanol–water partition coefficient (Wildman–Crippen LogP) is 2.75. The molecule has 0 saturated carbocycles. The predicted molar refractivity (Wildman–Crippen MR) is 130 cm³/mol. The van der Waals surface area contributed by atoms with E-state index in [1.807, 2.05) is 0 Å². The van der Waals surface area contributed by atoms with Crippen molar-refractivity contribution in [1.82, 2.24) is 0 Å². The molecule has 0 atom stereocenters. The summed E-state index contributed by atoms with van der Waals surface area (Å²) in [5.74, 6) is 17.3. The van der Waals surface area contributed by atoms with E-state index < -0.39 is 22.6 Å². The zero-order chi connectivity index (χ0) is 28.0. The molecule has 0 aromatic heterocycles. The average Bonchev–Trinajstić information content (AvgIpc) is 2.88. The van der Waals surface area contributed by atoms with Crippen LogP contribution >= 0.6 is 7.82 Å². The van der Waals surface area contributed by atoms with E-state index in [1.165, 1.54) is 0 Å². The highest BCUT2D eigenvalue weighted by molar-refractivity contribution is 7.48. The van der Waals surface area contributed by atoms with Crippen molar-refractivity contribution in [2.75, 3.05) is 15.5 Å². The molecule has 0 amide bonds. The molecule has 0 unspecified atom stereocenters. The van der Waals surface area contributed by atoms with Gasteiger partial charge in [-0.15, -0.1) is 13.9 Å². The number of phosphoric acid groups is 1. The highest BCUT2D eigenvalue weighted by Gasteiger charge is 2.37. The molecule has 0 saturated heterocycles. The summed E-state index contributed by atoms with van der Waals surface area (Å²) in [6.45, 7) is 0. The molecule has 0 aliphatic carbocycles. The Labute approximate surface area is 211 Å². The highest BCUT2D eigenvalue weighted by Crippen LogP contribution is 2.52. The number of non-ortho nitro benzene ring substituents is 3. The summed E-state index contributed by atoms with van der Waals surface area (Å²) in [7, 11) is -4.98. The summed E-state index contributed by atoms with van der Waals surface area (Å²) in [6.07, 6.45) is 0. The van der Waals surface area contributed by atoms with Gasteiger partial charge in [0, 0.05) is 36.4 Å². The van der Waals surface area contributed by atoms with Gasteiger partial charge in [0.1, 0.15) is 0 Å². The smallest absolute Gasteiger partial charge is 0.258 e. The highest BCUT2D eigenvalue weighted by atomic mass is 31.2. The molecule has 0 aliphatic heterocycles. The summed E-state index contributed by atoms with van der Waals surface area (Å²) in [6, 6.07) is 13.5. The molecule has 200 valence electrons. The number of hydrogen-bond acceptors (Lipinski definition) is 16. The van der Waals surface area contributed by atoms with Crippen molar-refractivity contribution < 1.29 is 33.2 Å². The topological polar surface area (TPSA) is 262 Å². The van der Waals surface area contributed by atoms with Gasteiger partial charge < -0.3 is 0 Å². The Balaban J connectivity index is 1.86. The second-order valence-corrected chi connectivity index (χ2v) is 8.37. The first-order valence-corrected chi connectivity index (χ1v) is 11.4. The van der Waals surface area contributed by atoms with Crippen molar-refractivity contribution >= 4 is 41.9 Å².